The van der Waals surface area contributed by atoms with Crippen LogP contribution in [0, 0.1) is 10.1 Å². The molecule has 0 bridgehead atoms. The van der Waals surface area contributed by atoms with Gasteiger partial charge in [0.25, 0.3) is 5.69 Å². The van der Waals surface area contributed by atoms with Crippen molar-refractivity contribution in [1.29, 1.82) is 0 Å². The third-order valence-electron chi connectivity index (χ3n) is 3.36. The summed E-state index contributed by atoms with van der Waals surface area (Å²) in [4.78, 5) is 15.7. The number of nitro groups is 1. The van der Waals surface area contributed by atoms with Crippen LogP contribution in [0.4, 0.5) is 5.69 Å². The number of fused-ring (bicyclic) bond motifs is 1. The van der Waals surface area contributed by atoms with Gasteiger partial charge in [-0.2, -0.15) is 0 Å². The molecule has 0 saturated carbocycles. The molecule has 0 spiro atoms. The molecule has 0 N–H and O–H groups in total. The highest BCUT2D eigenvalue weighted by atomic mass is 32.1. The van der Waals surface area contributed by atoms with E-state index < -0.39 is 0 Å². The van der Waals surface area contributed by atoms with Gasteiger partial charge in [0.15, 0.2) is 5.01 Å². The first-order chi connectivity index (χ1) is 11.1. The number of aromatic nitrogens is 1. The van der Waals surface area contributed by atoms with E-state index in [0.717, 1.165) is 5.56 Å². The second-order valence-corrected chi connectivity index (χ2v) is 5.81. The molecule has 0 radical (unpaired) electrons. The van der Waals surface area contributed by atoms with Crippen molar-refractivity contribution in [3.8, 4) is 11.1 Å². The minimum absolute atomic E-state index is 0.0711. The SMILES string of the molecule is C=C(OCC)c1nc2ccc(-c3ccccc3)c([N+](=O)[O-])c2s1. The van der Waals surface area contributed by atoms with Crippen LogP contribution in [0.2, 0.25) is 0 Å². The molecule has 1 heterocycles. The fraction of sp³-hybridized carbons (Fsp3) is 0.118. The van der Waals surface area contributed by atoms with Crippen LogP contribution in [0.25, 0.3) is 27.1 Å². The Labute approximate surface area is 137 Å². The van der Waals surface area contributed by atoms with Crippen molar-refractivity contribution in [2.75, 3.05) is 6.61 Å². The lowest BCUT2D eigenvalue weighted by molar-refractivity contribution is -0.382. The Hall–Kier alpha value is -2.73. The van der Waals surface area contributed by atoms with Crippen molar-refractivity contribution in [3.63, 3.8) is 0 Å². The second-order valence-electron chi connectivity index (χ2n) is 4.81. The highest BCUT2D eigenvalue weighted by molar-refractivity contribution is 7.20. The van der Waals surface area contributed by atoms with Crippen molar-refractivity contribution in [3.05, 3.63) is 64.2 Å². The van der Waals surface area contributed by atoms with Crippen LogP contribution < -0.4 is 0 Å². The molecule has 1 aromatic heterocycles. The van der Waals surface area contributed by atoms with Gasteiger partial charge >= 0.3 is 0 Å². The molecule has 0 amide bonds. The van der Waals surface area contributed by atoms with Gasteiger partial charge in [0.2, 0.25) is 0 Å². The molecular formula is C17H14N2O3S. The van der Waals surface area contributed by atoms with Crippen molar-refractivity contribution in [2.45, 2.75) is 6.92 Å². The molecular weight excluding hydrogens is 312 g/mol. The minimum atomic E-state index is -0.351. The third-order valence-corrected chi connectivity index (χ3v) is 4.47. The first kappa shape index (κ1) is 15.2. The third kappa shape index (κ3) is 2.80. The van der Waals surface area contributed by atoms with Crippen molar-refractivity contribution >= 4 is 33.0 Å². The van der Waals surface area contributed by atoms with E-state index in [0.29, 0.717) is 33.2 Å². The number of hydrogen-bond donors (Lipinski definition) is 0. The van der Waals surface area contributed by atoms with Gasteiger partial charge in [0, 0.05) is 0 Å². The standard InChI is InChI=1S/C17H14N2O3S/c1-3-22-11(2)17-18-14-10-9-13(12-7-5-4-6-8-12)15(19(20)21)16(14)23-17/h4-10H,2-3H2,1H3. The quantitative estimate of drug-likeness (QED) is 0.381. The molecule has 6 heteroatoms. The van der Waals surface area contributed by atoms with Gasteiger partial charge in [0.1, 0.15) is 10.5 Å². The Morgan fingerprint density at radius 2 is 2.04 bits per heavy atom. The Balaban J connectivity index is 2.22. The molecule has 0 fully saturated rings. The molecule has 0 atom stereocenters. The Morgan fingerprint density at radius 3 is 2.70 bits per heavy atom. The predicted molar refractivity (Wildman–Crippen MR) is 92.4 cm³/mol. The van der Waals surface area contributed by atoms with E-state index in [1.54, 1.807) is 12.1 Å². The number of nitro benzene ring substituents is 1. The Morgan fingerprint density at radius 1 is 1.30 bits per heavy atom. The smallest absolute Gasteiger partial charge is 0.296 e. The average Bonchev–Trinajstić information content (AvgIpc) is 2.99. The van der Waals surface area contributed by atoms with Gasteiger partial charge in [-0.05, 0) is 24.6 Å². The number of hydrogen-bond acceptors (Lipinski definition) is 5. The maximum absolute atomic E-state index is 11.6. The first-order valence-corrected chi connectivity index (χ1v) is 7.89. The summed E-state index contributed by atoms with van der Waals surface area (Å²) >= 11 is 1.23. The maximum Gasteiger partial charge on any atom is 0.296 e. The molecule has 0 saturated heterocycles. The van der Waals surface area contributed by atoms with Crippen LogP contribution in [-0.4, -0.2) is 16.5 Å². The molecule has 23 heavy (non-hydrogen) atoms. The number of thiazole rings is 1. The normalized spacial score (nSPS) is 10.7. The number of rotatable bonds is 5. The summed E-state index contributed by atoms with van der Waals surface area (Å²) < 4.78 is 5.89. The molecule has 0 unspecified atom stereocenters. The van der Waals surface area contributed by atoms with Gasteiger partial charge in [-0.25, -0.2) is 4.98 Å². The summed E-state index contributed by atoms with van der Waals surface area (Å²) in [5, 5.41) is 12.2. The Bertz CT molecular complexity index is 887. The van der Waals surface area contributed by atoms with Crippen molar-refractivity contribution in [1.82, 2.24) is 4.98 Å². The van der Waals surface area contributed by atoms with Gasteiger partial charge in [-0.15, -0.1) is 11.3 Å². The fourth-order valence-corrected chi connectivity index (χ4v) is 3.37. The lowest BCUT2D eigenvalue weighted by Crippen LogP contribution is -1.92. The number of ether oxygens (including phenoxy) is 1. The van der Waals surface area contributed by atoms with Gasteiger partial charge < -0.3 is 4.74 Å². The molecule has 0 aliphatic heterocycles. The Kier molecular flexibility index (Phi) is 4.08. The van der Waals surface area contributed by atoms with E-state index >= 15 is 0 Å². The topological polar surface area (TPSA) is 65.3 Å². The largest absolute Gasteiger partial charge is 0.491 e. The van der Waals surface area contributed by atoms with E-state index in [-0.39, 0.29) is 10.6 Å². The number of benzene rings is 2. The van der Waals surface area contributed by atoms with Crippen LogP contribution in [0.15, 0.2) is 49.0 Å². The van der Waals surface area contributed by atoms with Crippen molar-refractivity contribution < 1.29 is 9.66 Å². The summed E-state index contributed by atoms with van der Waals surface area (Å²) in [6.45, 7) is 6.15. The average molecular weight is 326 g/mol. The van der Waals surface area contributed by atoms with E-state index in [4.69, 9.17) is 4.74 Å². The van der Waals surface area contributed by atoms with Crippen LogP contribution in [0.1, 0.15) is 11.9 Å². The molecule has 2 aromatic carbocycles. The van der Waals surface area contributed by atoms with E-state index in [2.05, 4.69) is 11.6 Å². The van der Waals surface area contributed by atoms with Crippen LogP contribution in [-0.2, 0) is 4.74 Å². The number of nitrogens with zero attached hydrogens (tertiary/aromatic N) is 2. The van der Waals surface area contributed by atoms with Gasteiger partial charge in [-0.3, -0.25) is 10.1 Å². The molecule has 5 nitrogen and oxygen atoms in total. The van der Waals surface area contributed by atoms with Crippen molar-refractivity contribution in [2.24, 2.45) is 0 Å². The lowest BCUT2D eigenvalue weighted by atomic mass is 10.0. The summed E-state index contributed by atoms with van der Waals surface area (Å²) in [5.41, 5.74) is 2.04. The summed E-state index contributed by atoms with van der Waals surface area (Å²) in [5.74, 6) is 0.434. The van der Waals surface area contributed by atoms with Gasteiger partial charge in [-0.1, -0.05) is 36.9 Å². The van der Waals surface area contributed by atoms with E-state index in [9.17, 15) is 10.1 Å². The summed E-state index contributed by atoms with van der Waals surface area (Å²) in [7, 11) is 0. The second kappa shape index (κ2) is 6.18. The highest BCUT2D eigenvalue weighted by Crippen LogP contribution is 2.40. The van der Waals surface area contributed by atoms with Crippen LogP contribution in [0.3, 0.4) is 0 Å². The minimum Gasteiger partial charge on any atom is -0.491 e. The van der Waals surface area contributed by atoms with Gasteiger partial charge in [0.05, 0.1) is 22.6 Å². The molecule has 3 rings (SSSR count). The zero-order valence-corrected chi connectivity index (χ0v) is 13.3. The molecule has 116 valence electrons. The molecule has 3 aromatic rings. The monoisotopic (exact) mass is 326 g/mol. The summed E-state index contributed by atoms with van der Waals surface area (Å²) in [6.07, 6.45) is 0. The zero-order chi connectivity index (χ0) is 16.4. The van der Waals surface area contributed by atoms with E-state index in [1.165, 1.54) is 11.3 Å². The summed E-state index contributed by atoms with van der Waals surface area (Å²) in [6, 6.07) is 12.8. The first-order valence-electron chi connectivity index (χ1n) is 7.07. The molecule has 0 aliphatic rings. The fourth-order valence-electron chi connectivity index (χ4n) is 2.37. The van der Waals surface area contributed by atoms with E-state index in [1.807, 2.05) is 37.3 Å². The molecule has 0 aliphatic carbocycles. The van der Waals surface area contributed by atoms with Crippen LogP contribution in [0.5, 0.6) is 0 Å². The maximum atomic E-state index is 11.6. The predicted octanol–water partition coefficient (Wildman–Crippen LogP) is 4.88. The zero-order valence-electron chi connectivity index (χ0n) is 12.5. The lowest BCUT2D eigenvalue weighted by Gasteiger charge is -2.03. The van der Waals surface area contributed by atoms with Crippen LogP contribution >= 0.6 is 11.3 Å². The highest BCUT2D eigenvalue weighted by Gasteiger charge is 2.23.